The van der Waals surface area contributed by atoms with E-state index in [1.54, 1.807) is 0 Å². The minimum atomic E-state index is 0.0424. The number of carbonyl (C=O) groups excluding carboxylic acids is 2. The van der Waals surface area contributed by atoms with Crippen LogP contribution >= 0.6 is 0 Å². The number of carbonyl (C=O) groups is 2. The van der Waals surface area contributed by atoms with Gasteiger partial charge in [0.1, 0.15) is 0 Å². The van der Waals surface area contributed by atoms with E-state index in [4.69, 9.17) is 0 Å². The van der Waals surface area contributed by atoms with E-state index in [2.05, 4.69) is 5.32 Å². The van der Waals surface area contributed by atoms with Crippen molar-refractivity contribution in [1.82, 2.24) is 4.90 Å². The van der Waals surface area contributed by atoms with E-state index in [1.165, 1.54) is 25.7 Å². The molecule has 1 heterocycles. The largest absolute Gasteiger partial charge is 0.339 e. The zero-order valence-corrected chi connectivity index (χ0v) is 14.4. The van der Waals surface area contributed by atoms with Gasteiger partial charge in [-0.05, 0) is 50.2 Å². The maximum atomic E-state index is 12.8. The molecule has 1 saturated heterocycles. The summed E-state index contributed by atoms with van der Waals surface area (Å²) >= 11 is 0. The van der Waals surface area contributed by atoms with E-state index in [0.29, 0.717) is 23.6 Å². The highest BCUT2D eigenvalue weighted by atomic mass is 16.2. The highest BCUT2D eigenvalue weighted by Crippen LogP contribution is 2.27. The number of para-hydroxylation sites is 1. The predicted molar refractivity (Wildman–Crippen MR) is 96.0 cm³/mol. The number of nitrogens with zero attached hydrogens (tertiary/aromatic N) is 1. The van der Waals surface area contributed by atoms with Gasteiger partial charge < -0.3 is 10.2 Å². The zero-order valence-electron chi connectivity index (χ0n) is 14.4. The molecule has 2 fully saturated rings. The molecule has 0 atom stereocenters. The van der Waals surface area contributed by atoms with Gasteiger partial charge in [0.2, 0.25) is 5.91 Å². The lowest BCUT2D eigenvalue weighted by atomic mass is 9.87. The van der Waals surface area contributed by atoms with Crippen molar-refractivity contribution < 1.29 is 9.59 Å². The van der Waals surface area contributed by atoms with Crippen LogP contribution < -0.4 is 5.32 Å². The molecule has 1 N–H and O–H groups in total. The highest BCUT2D eigenvalue weighted by Gasteiger charge is 2.22. The van der Waals surface area contributed by atoms with Crippen molar-refractivity contribution >= 4 is 17.5 Å². The molecule has 0 radical (unpaired) electrons. The first-order chi connectivity index (χ1) is 11.7. The van der Waals surface area contributed by atoms with Gasteiger partial charge in [-0.2, -0.15) is 0 Å². The third-order valence-corrected chi connectivity index (χ3v) is 5.27. The number of nitrogens with one attached hydrogen (secondary N) is 1. The molecule has 1 saturated carbocycles. The lowest BCUT2D eigenvalue weighted by Gasteiger charge is -2.27. The molecule has 4 heteroatoms. The number of hydrogen-bond donors (Lipinski definition) is 1. The maximum absolute atomic E-state index is 12.8. The Bertz CT molecular complexity index is 573. The van der Waals surface area contributed by atoms with Gasteiger partial charge in [0.15, 0.2) is 0 Å². The lowest BCUT2D eigenvalue weighted by molar-refractivity contribution is -0.117. The van der Waals surface area contributed by atoms with Crippen molar-refractivity contribution in [3.63, 3.8) is 0 Å². The molecular weight excluding hydrogens is 300 g/mol. The van der Waals surface area contributed by atoms with Crippen LogP contribution in [0.3, 0.4) is 0 Å². The molecule has 0 unspecified atom stereocenters. The standard InChI is InChI=1S/C20H28N2O2/c23-19(15-16-9-3-1-4-10-16)21-18-12-6-5-11-17(18)20(24)22-13-7-2-8-14-22/h5-6,11-12,16H,1-4,7-10,13-15H2,(H,21,23). The van der Waals surface area contributed by atoms with Gasteiger partial charge in [-0.3, -0.25) is 9.59 Å². The van der Waals surface area contributed by atoms with E-state index in [9.17, 15) is 9.59 Å². The molecule has 1 aromatic rings. The summed E-state index contributed by atoms with van der Waals surface area (Å²) in [6, 6.07) is 7.42. The minimum absolute atomic E-state index is 0.0424. The van der Waals surface area contributed by atoms with Crippen LogP contribution in [0.25, 0.3) is 0 Å². The van der Waals surface area contributed by atoms with Gasteiger partial charge in [0, 0.05) is 19.5 Å². The fourth-order valence-electron chi connectivity index (χ4n) is 3.90. The summed E-state index contributed by atoms with van der Waals surface area (Å²) in [5.41, 5.74) is 1.28. The zero-order chi connectivity index (χ0) is 16.8. The summed E-state index contributed by atoms with van der Waals surface area (Å²) < 4.78 is 0. The first kappa shape index (κ1) is 17.0. The van der Waals surface area contributed by atoms with Crippen LogP contribution in [0.5, 0.6) is 0 Å². The van der Waals surface area contributed by atoms with E-state index in [0.717, 1.165) is 38.8 Å². The topological polar surface area (TPSA) is 49.4 Å². The molecule has 1 aliphatic heterocycles. The van der Waals surface area contributed by atoms with Crippen LogP contribution in [0.2, 0.25) is 0 Å². The third kappa shape index (κ3) is 4.37. The Morgan fingerprint density at radius 2 is 1.62 bits per heavy atom. The summed E-state index contributed by atoms with van der Waals surface area (Å²) in [5, 5.41) is 2.99. The fraction of sp³-hybridized carbons (Fsp3) is 0.600. The van der Waals surface area contributed by atoms with Crippen LogP contribution in [-0.4, -0.2) is 29.8 Å². The van der Waals surface area contributed by atoms with Crippen LogP contribution in [0.4, 0.5) is 5.69 Å². The van der Waals surface area contributed by atoms with Crippen molar-refractivity contribution in [2.45, 2.75) is 57.8 Å². The van der Waals surface area contributed by atoms with Crippen LogP contribution in [-0.2, 0) is 4.79 Å². The Labute approximate surface area is 144 Å². The van der Waals surface area contributed by atoms with Crippen molar-refractivity contribution in [2.75, 3.05) is 18.4 Å². The molecule has 24 heavy (non-hydrogen) atoms. The lowest BCUT2D eigenvalue weighted by Crippen LogP contribution is -2.36. The Hall–Kier alpha value is -1.84. The Kier molecular flexibility index (Phi) is 5.89. The molecular formula is C20H28N2O2. The quantitative estimate of drug-likeness (QED) is 0.899. The maximum Gasteiger partial charge on any atom is 0.255 e. The summed E-state index contributed by atoms with van der Waals surface area (Å²) in [4.78, 5) is 27.1. The van der Waals surface area contributed by atoms with Gasteiger partial charge in [0.05, 0.1) is 11.3 Å². The summed E-state index contributed by atoms with van der Waals surface area (Å²) in [7, 11) is 0. The molecule has 3 rings (SSSR count). The van der Waals surface area contributed by atoms with Crippen molar-refractivity contribution in [2.24, 2.45) is 5.92 Å². The van der Waals surface area contributed by atoms with Crippen LogP contribution in [0, 0.1) is 5.92 Å². The van der Waals surface area contributed by atoms with Crippen molar-refractivity contribution in [1.29, 1.82) is 0 Å². The average Bonchev–Trinajstić information content (AvgIpc) is 2.63. The summed E-state index contributed by atoms with van der Waals surface area (Å²) in [6.45, 7) is 1.65. The molecule has 1 aliphatic carbocycles. The van der Waals surface area contributed by atoms with Gasteiger partial charge >= 0.3 is 0 Å². The van der Waals surface area contributed by atoms with Gasteiger partial charge in [-0.25, -0.2) is 0 Å². The molecule has 0 spiro atoms. The first-order valence-corrected chi connectivity index (χ1v) is 9.42. The second-order valence-electron chi connectivity index (χ2n) is 7.15. The Morgan fingerprint density at radius 1 is 0.958 bits per heavy atom. The second kappa shape index (κ2) is 8.32. The average molecular weight is 328 g/mol. The Balaban J connectivity index is 1.64. The van der Waals surface area contributed by atoms with Crippen molar-refractivity contribution in [3.05, 3.63) is 29.8 Å². The number of likely N-dealkylation sites (tertiary alicyclic amines) is 1. The summed E-state index contributed by atoms with van der Waals surface area (Å²) in [6.07, 6.45) is 10.00. The van der Waals surface area contributed by atoms with E-state index < -0.39 is 0 Å². The normalized spacial score (nSPS) is 19.1. The highest BCUT2D eigenvalue weighted by molar-refractivity contribution is 6.03. The predicted octanol–water partition coefficient (Wildman–Crippen LogP) is 4.22. The van der Waals surface area contributed by atoms with Gasteiger partial charge in [0.25, 0.3) is 5.91 Å². The monoisotopic (exact) mass is 328 g/mol. The van der Waals surface area contributed by atoms with Crippen LogP contribution in [0.15, 0.2) is 24.3 Å². The van der Waals surface area contributed by atoms with Gasteiger partial charge in [-0.1, -0.05) is 31.4 Å². The third-order valence-electron chi connectivity index (χ3n) is 5.27. The van der Waals surface area contributed by atoms with E-state index in [1.807, 2.05) is 29.2 Å². The number of benzene rings is 1. The number of amides is 2. The number of rotatable bonds is 4. The first-order valence-electron chi connectivity index (χ1n) is 9.42. The molecule has 0 aromatic heterocycles. The number of anilines is 1. The number of hydrogen-bond acceptors (Lipinski definition) is 2. The van der Waals surface area contributed by atoms with Crippen LogP contribution in [0.1, 0.15) is 68.1 Å². The molecule has 2 aliphatic rings. The Morgan fingerprint density at radius 3 is 2.38 bits per heavy atom. The fourth-order valence-corrected chi connectivity index (χ4v) is 3.90. The number of piperidine rings is 1. The summed E-state index contributed by atoms with van der Waals surface area (Å²) in [5.74, 6) is 0.591. The van der Waals surface area contributed by atoms with Crippen molar-refractivity contribution in [3.8, 4) is 0 Å². The van der Waals surface area contributed by atoms with E-state index in [-0.39, 0.29) is 11.8 Å². The van der Waals surface area contributed by atoms with Gasteiger partial charge in [-0.15, -0.1) is 0 Å². The SMILES string of the molecule is O=C(CC1CCCCC1)Nc1ccccc1C(=O)N1CCCCC1. The van der Waals surface area contributed by atoms with E-state index >= 15 is 0 Å². The second-order valence-corrected chi connectivity index (χ2v) is 7.15. The molecule has 130 valence electrons. The molecule has 1 aromatic carbocycles. The smallest absolute Gasteiger partial charge is 0.255 e. The minimum Gasteiger partial charge on any atom is -0.339 e. The molecule has 0 bridgehead atoms. The molecule has 4 nitrogen and oxygen atoms in total. The molecule has 2 amide bonds.